The quantitative estimate of drug-likeness (QED) is 0.0837. The molecule has 4 amide bonds. The third-order valence-electron chi connectivity index (χ3n) is 9.62. The number of hydrogen-bond donors (Lipinski definition) is 2. The molecule has 3 aromatic rings. The first-order valence-electron chi connectivity index (χ1n) is 19.6. The lowest BCUT2D eigenvalue weighted by Gasteiger charge is -2.34. The van der Waals surface area contributed by atoms with Gasteiger partial charge in [-0.2, -0.15) is 0 Å². The number of hydroxylamine groups is 2. The van der Waals surface area contributed by atoms with Gasteiger partial charge in [-0.25, -0.2) is 26.2 Å². The maximum Gasteiger partial charge on any atom is 0.425 e. The number of hydrogen-bond acceptors (Lipinski definition) is 14. The van der Waals surface area contributed by atoms with E-state index in [9.17, 15) is 40.8 Å². The number of nitrogens with one attached hydrogen (secondary N) is 2. The number of allylic oxidation sites excluding steroid dienone is 1. The molecule has 0 radical (unpaired) electrons. The molecular formula is C40H52N5O13S3+. The average Bonchev–Trinajstić information content (AvgIpc) is 3.52. The Morgan fingerprint density at radius 3 is 1.93 bits per heavy atom. The lowest BCUT2D eigenvalue weighted by atomic mass is 10.0. The lowest BCUT2D eigenvalue weighted by Crippen LogP contribution is -2.40. The minimum Gasteiger partial charge on any atom is -0.369 e. The molecule has 0 unspecified atom stereocenters. The van der Waals surface area contributed by atoms with Crippen LogP contribution in [0.5, 0.6) is 0 Å². The molecule has 0 bridgehead atoms. The monoisotopic (exact) mass is 906 g/mol. The summed E-state index contributed by atoms with van der Waals surface area (Å²) >= 11 is 0. The van der Waals surface area contributed by atoms with Crippen LogP contribution in [0.25, 0.3) is 17.0 Å². The molecule has 21 heteroatoms. The summed E-state index contributed by atoms with van der Waals surface area (Å²) in [6, 6.07) is 17.5. The number of para-hydroxylation sites is 1. The molecule has 4 rings (SSSR count). The topological polar surface area (TPSA) is 248 Å². The Morgan fingerprint density at radius 2 is 1.38 bits per heavy atom. The van der Waals surface area contributed by atoms with Crippen molar-refractivity contribution in [1.82, 2.24) is 14.5 Å². The number of aromatic nitrogens is 1. The Bertz CT molecular complexity index is 2330. The maximum atomic E-state index is 12.7. The fraction of sp³-hybridized carbons (Fsp3) is 0.450. The molecule has 2 heterocycles. The van der Waals surface area contributed by atoms with Crippen LogP contribution in [-0.4, -0.2) is 88.2 Å². The highest BCUT2D eigenvalue weighted by Gasteiger charge is 2.32. The number of aryl methyl sites for hydroxylation is 1. The predicted molar refractivity (Wildman–Crippen MR) is 224 cm³/mol. The van der Waals surface area contributed by atoms with Crippen LogP contribution in [0.4, 0.5) is 5.69 Å². The molecule has 1 aliphatic rings. The van der Waals surface area contributed by atoms with Gasteiger partial charge in [0.15, 0.2) is 6.20 Å². The van der Waals surface area contributed by atoms with Gasteiger partial charge in [-0.3, -0.25) is 28.6 Å². The number of carbonyl (C=O) groups excluding carboxylic acids is 5. The molecule has 1 aliphatic heterocycles. The number of rotatable bonds is 22. The summed E-state index contributed by atoms with van der Waals surface area (Å²) in [5.74, 6) is -3.77. The molecule has 0 saturated carbocycles. The van der Waals surface area contributed by atoms with Crippen molar-refractivity contribution in [3.63, 3.8) is 0 Å². The van der Waals surface area contributed by atoms with Crippen molar-refractivity contribution in [3.8, 4) is 0 Å². The van der Waals surface area contributed by atoms with Gasteiger partial charge in [0, 0.05) is 62.5 Å². The van der Waals surface area contributed by atoms with Crippen LogP contribution in [-0.2, 0) is 72.9 Å². The molecule has 2 N–H and O–H groups in total. The molecule has 0 atom stereocenters. The van der Waals surface area contributed by atoms with E-state index in [2.05, 4.69) is 44.4 Å². The van der Waals surface area contributed by atoms with Crippen LogP contribution >= 0.6 is 0 Å². The van der Waals surface area contributed by atoms with Gasteiger partial charge in [0.25, 0.3) is 11.8 Å². The fourth-order valence-corrected chi connectivity index (χ4v) is 7.57. The lowest BCUT2D eigenvalue weighted by molar-refractivity contribution is -0.644. The summed E-state index contributed by atoms with van der Waals surface area (Å²) in [6.45, 7) is 3.24. The van der Waals surface area contributed by atoms with Crippen LogP contribution < -0.4 is 18.9 Å². The van der Waals surface area contributed by atoms with Gasteiger partial charge in [-0.1, -0.05) is 42.8 Å². The molecule has 1 fully saturated rings. The Hall–Kier alpha value is -5.54. The first kappa shape index (κ1) is 49.8. The van der Waals surface area contributed by atoms with Crippen molar-refractivity contribution in [1.29, 1.82) is 0 Å². The number of benzene rings is 2. The summed E-state index contributed by atoms with van der Waals surface area (Å²) in [5, 5.41) is 1.65. The molecule has 0 aliphatic carbocycles. The van der Waals surface area contributed by atoms with Crippen LogP contribution in [0.2, 0.25) is 0 Å². The highest BCUT2D eigenvalue weighted by molar-refractivity contribution is 7.90. The number of nitrogens with zero attached hydrogens (tertiary/aromatic N) is 3. The van der Waals surface area contributed by atoms with Gasteiger partial charge in [0.1, 0.15) is 7.05 Å². The second kappa shape index (κ2) is 24.0. The summed E-state index contributed by atoms with van der Waals surface area (Å²) in [6.07, 6.45) is 8.22. The number of fused-ring (bicyclic) bond motifs is 1. The van der Waals surface area contributed by atoms with E-state index in [-0.39, 0.29) is 56.5 Å². The minimum atomic E-state index is -3.80. The normalized spacial score (nSPS) is 13.0. The molecule has 18 nitrogen and oxygen atoms in total. The van der Waals surface area contributed by atoms with Gasteiger partial charge in [-0.05, 0) is 75.3 Å². The van der Waals surface area contributed by atoms with Crippen molar-refractivity contribution in [2.45, 2.75) is 90.5 Å². The van der Waals surface area contributed by atoms with Crippen LogP contribution in [0.3, 0.4) is 0 Å². The molecule has 332 valence electrons. The van der Waals surface area contributed by atoms with Crippen molar-refractivity contribution in [2.75, 3.05) is 23.0 Å². The van der Waals surface area contributed by atoms with Crippen LogP contribution in [0.1, 0.15) is 89.2 Å². The van der Waals surface area contributed by atoms with E-state index in [1.807, 2.05) is 54.5 Å². The number of unbranched alkanes of at least 4 members (excludes halogenated alkanes) is 2. The van der Waals surface area contributed by atoms with Crippen molar-refractivity contribution in [2.24, 2.45) is 7.05 Å². The predicted octanol–water partition coefficient (Wildman–Crippen LogP) is 2.75. The molecule has 1 saturated heterocycles. The number of anilines is 1. The third-order valence-corrected chi connectivity index (χ3v) is 12.2. The molecule has 61 heavy (non-hydrogen) atoms. The highest BCUT2D eigenvalue weighted by Crippen LogP contribution is 2.25. The van der Waals surface area contributed by atoms with Gasteiger partial charge in [0.05, 0.1) is 16.9 Å². The SMILES string of the molecule is CCS(=O)(=O)NC(=O)CCC(CCC(=O)NS(=O)(=O)CC)N(CCCCCC(=O)ON1C(=O)CCC1=O)c1ccc(C/C=C/c2cc[n+](C)c3ccccc23)cc1.O=S(=O)=O. The molecule has 1 aromatic heterocycles. The van der Waals surface area contributed by atoms with E-state index < -0.39 is 66.3 Å². The van der Waals surface area contributed by atoms with E-state index in [0.29, 0.717) is 37.3 Å². The number of imide groups is 1. The third kappa shape index (κ3) is 17.2. The molecule has 2 aromatic carbocycles. The first-order chi connectivity index (χ1) is 28.8. The van der Waals surface area contributed by atoms with Crippen LogP contribution in [0, 0.1) is 0 Å². The summed E-state index contributed by atoms with van der Waals surface area (Å²) in [5.41, 5.74) is 4.00. The summed E-state index contributed by atoms with van der Waals surface area (Å²) < 4.78 is 79.9. The minimum absolute atomic E-state index is 0.00287. The highest BCUT2D eigenvalue weighted by atomic mass is 32.2. The van der Waals surface area contributed by atoms with Crippen LogP contribution in [0.15, 0.2) is 66.9 Å². The van der Waals surface area contributed by atoms with E-state index in [1.54, 1.807) is 0 Å². The van der Waals surface area contributed by atoms with Gasteiger partial charge < -0.3 is 9.74 Å². The second-order valence-electron chi connectivity index (χ2n) is 14.0. The van der Waals surface area contributed by atoms with Crippen molar-refractivity contribution < 1.29 is 62.8 Å². The van der Waals surface area contributed by atoms with E-state index in [0.717, 1.165) is 27.7 Å². The Balaban J connectivity index is 0.00000237. The van der Waals surface area contributed by atoms with Gasteiger partial charge in [-0.15, -0.1) is 17.7 Å². The Morgan fingerprint density at radius 1 is 0.820 bits per heavy atom. The zero-order valence-electron chi connectivity index (χ0n) is 34.3. The number of sulfonamides is 2. The van der Waals surface area contributed by atoms with Crippen molar-refractivity contribution >= 4 is 82.9 Å². The number of pyridine rings is 1. The van der Waals surface area contributed by atoms with E-state index >= 15 is 0 Å². The van der Waals surface area contributed by atoms with E-state index in [1.165, 1.54) is 13.8 Å². The average molecular weight is 907 g/mol. The van der Waals surface area contributed by atoms with Gasteiger partial charge in [0.2, 0.25) is 37.4 Å². The number of carbonyl (C=O) groups is 5. The summed E-state index contributed by atoms with van der Waals surface area (Å²) in [4.78, 5) is 68.5. The van der Waals surface area contributed by atoms with Crippen molar-refractivity contribution in [3.05, 3.63) is 78.0 Å². The van der Waals surface area contributed by atoms with E-state index in [4.69, 9.17) is 17.5 Å². The number of amides is 4. The maximum absolute atomic E-state index is 12.7. The standard InChI is InChI=1S/C40H51N5O10S2.O3S/c1-4-56(51,52)41-36(46)23-21-33(22-24-37(47)42-57(53,54)5-2)44(28-10-6-7-16-40(50)55-45-38(48)25-26-39(45)49)32-19-17-30(18-20-32)12-11-13-31-27-29-43(3)35-15-9-8-14-34(31)35;1-4(2)3/h8-9,11,13-15,17-20,27,29,33H,4-7,10,12,16,21-26,28H2,1-3H3,(H-,41,42,46,47);/p+1/b13-11+;. The Kier molecular flexibility index (Phi) is 19.6. The molecular weight excluding hydrogens is 855 g/mol. The molecule has 0 spiro atoms. The Labute approximate surface area is 357 Å². The summed E-state index contributed by atoms with van der Waals surface area (Å²) in [7, 11) is -8.71. The fourth-order valence-electron chi connectivity index (χ4n) is 6.38. The largest absolute Gasteiger partial charge is 0.425 e. The second-order valence-corrected chi connectivity index (χ2v) is 18.4. The zero-order chi connectivity index (χ0) is 45.2. The first-order valence-corrected chi connectivity index (χ1v) is 23.9. The smallest absolute Gasteiger partial charge is 0.369 e. The zero-order valence-corrected chi connectivity index (χ0v) is 36.7. The van der Waals surface area contributed by atoms with Gasteiger partial charge >= 0.3 is 16.6 Å².